The minimum Gasteiger partial charge on any atom is -0.398 e. The number of halogens is 1. The molecular weight excluding hydrogens is 214 g/mol. The van der Waals surface area contributed by atoms with E-state index in [1.54, 1.807) is 0 Å². The number of nitrogens with two attached hydrogens (primary N) is 1. The highest BCUT2D eigenvalue weighted by Crippen LogP contribution is 2.37. The molecule has 2 N–H and O–H groups in total. The normalized spacial score (nSPS) is 17.4. The van der Waals surface area contributed by atoms with Gasteiger partial charge in [0.25, 0.3) is 0 Å². The highest BCUT2D eigenvalue weighted by atomic mass is 79.9. The quantitative estimate of drug-likeness (QED) is 0.730. The molecule has 0 spiro atoms. The predicted molar refractivity (Wildman–Crippen MR) is 55.1 cm³/mol. The fraction of sp³-hybridized carbons (Fsp3) is 0.400. The smallest absolute Gasteiger partial charge is 0.0458 e. The summed E-state index contributed by atoms with van der Waals surface area (Å²) in [5, 5.41) is 0. The maximum atomic E-state index is 5.70. The molecule has 12 heavy (non-hydrogen) atoms. The van der Waals surface area contributed by atoms with Gasteiger partial charge in [0.2, 0.25) is 0 Å². The third-order valence-electron chi connectivity index (χ3n) is 2.60. The Balaban J connectivity index is 2.27. The SMILES string of the molecule is Nc1ccc(C2CCC2)cc1Br. The van der Waals surface area contributed by atoms with Gasteiger partial charge in [0, 0.05) is 10.2 Å². The zero-order valence-electron chi connectivity index (χ0n) is 6.89. The summed E-state index contributed by atoms with van der Waals surface area (Å²) in [6.07, 6.45) is 4.07. The van der Waals surface area contributed by atoms with Crippen LogP contribution in [0.15, 0.2) is 22.7 Å². The van der Waals surface area contributed by atoms with Gasteiger partial charge in [0.15, 0.2) is 0 Å². The third-order valence-corrected chi connectivity index (χ3v) is 3.29. The number of hydrogen-bond donors (Lipinski definition) is 1. The molecule has 1 saturated carbocycles. The van der Waals surface area contributed by atoms with Gasteiger partial charge in [0.05, 0.1) is 0 Å². The lowest BCUT2D eigenvalue weighted by Gasteiger charge is -2.26. The molecular formula is C10H12BrN. The minimum absolute atomic E-state index is 0.793. The van der Waals surface area contributed by atoms with Gasteiger partial charge >= 0.3 is 0 Å². The fourth-order valence-electron chi connectivity index (χ4n) is 1.54. The summed E-state index contributed by atoms with van der Waals surface area (Å²) in [4.78, 5) is 0. The largest absolute Gasteiger partial charge is 0.398 e. The van der Waals surface area contributed by atoms with E-state index in [2.05, 4.69) is 28.1 Å². The molecule has 0 atom stereocenters. The van der Waals surface area contributed by atoms with Gasteiger partial charge in [-0.2, -0.15) is 0 Å². The molecule has 2 rings (SSSR count). The van der Waals surface area contributed by atoms with Crippen LogP contribution in [0.25, 0.3) is 0 Å². The van der Waals surface area contributed by atoms with Crippen molar-refractivity contribution in [3.63, 3.8) is 0 Å². The average molecular weight is 226 g/mol. The second kappa shape index (κ2) is 3.09. The summed E-state index contributed by atoms with van der Waals surface area (Å²) in [5.41, 5.74) is 7.97. The van der Waals surface area contributed by atoms with Crippen LogP contribution >= 0.6 is 15.9 Å². The number of benzene rings is 1. The van der Waals surface area contributed by atoms with Crippen LogP contribution in [0.4, 0.5) is 5.69 Å². The molecule has 0 unspecified atom stereocenters. The highest BCUT2D eigenvalue weighted by molar-refractivity contribution is 9.10. The van der Waals surface area contributed by atoms with Gasteiger partial charge in [-0.15, -0.1) is 0 Å². The maximum Gasteiger partial charge on any atom is 0.0458 e. The lowest BCUT2D eigenvalue weighted by Crippen LogP contribution is -2.08. The number of hydrogen-bond acceptors (Lipinski definition) is 1. The second-order valence-corrected chi connectivity index (χ2v) is 4.26. The lowest BCUT2D eigenvalue weighted by atomic mass is 9.80. The summed E-state index contributed by atoms with van der Waals surface area (Å²) in [6, 6.07) is 6.28. The molecule has 2 heteroatoms. The Morgan fingerprint density at radius 1 is 1.33 bits per heavy atom. The molecule has 1 aromatic carbocycles. The Hall–Kier alpha value is -0.500. The standard InChI is InChI=1S/C10H12BrN/c11-9-6-8(4-5-10(9)12)7-2-1-3-7/h4-7H,1-3,12H2. The molecule has 0 saturated heterocycles. The van der Waals surface area contributed by atoms with Crippen molar-refractivity contribution in [2.24, 2.45) is 0 Å². The van der Waals surface area contributed by atoms with E-state index in [9.17, 15) is 0 Å². The van der Waals surface area contributed by atoms with Crippen molar-refractivity contribution in [1.82, 2.24) is 0 Å². The van der Waals surface area contributed by atoms with Gasteiger partial charge in [-0.05, 0) is 52.4 Å². The van der Waals surface area contributed by atoms with Crippen LogP contribution in [0.1, 0.15) is 30.7 Å². The number of nitrogen functional groups attached to an aromatic ring is 1. The van der Waals surface area contributed by atoms with E-state index in [0.29, 0.717) is 0 Å². The molecule has 0 amide bonds. The van der Waals surface area contributed by atoms with Crippen molar-refractivity contribution in [3.8, 4) is 0 Å². The molecule has 64 valence electrons. The zero-order valence-corrected chi connectivity index (χ0v) is 8.47. The van der Waals surface area contributed by atoms with Crippen molar-refractivity contribution < 1.29 is 0 Å². The Kier molecular flexibility index (Phi) is 2.09. The van der Waals surface area contributed by atoms with Crippen LogP contribution in [0.2, 0.25) is 0 Å². The van der Waals surface area contributed by atoms with Crippen LogP contribution in [0, 0.1) is 0 Å². The molecule has 0 radical (unpaired) electrons. The van der Waals surface area contributed by atoms with Crippen molar-refractivity contribution >= 4 is 21.6 Å². The molecule has 1 fully saturated rings. The zero-order chi connectivity index (χ0) is 8.55. The molecule has 1 aromatic rings. The van der Waals surface area contributed by atoms with E-state index in [1.165, 1.54) is 24.8 Å². The molecule has 0 aromatic heterocycles. The van der Waals surface area contributed by atoms with Crippen molar-refractivity contribution in [2.75, 3.05) is 5.73 Å². The van der Waals surface area contributed by atoms with E-state index < -0.39 is 0 Å². The summed E-state index contributed by atoms with van der Waals surface area (Å²) >= 11 is 3.44. The summed E-state index contributed by atoms with van der Waals surface area (Å²) < 4.78 is 1.03. The Labute approximate surface area is 81.1 Å². The van der Waals surface area contributed by atoms with E-state index in [-0.39, 0.29) is 0 Å². The van der Waals surface area contributed by atoms with Crippen LogP contribution in [0.3, 0.4) is 0 Å². The summed E-state index contributed by atoms with van der Waals surface area (Å²) in [6.45, 7) is 0. The van der Waals surface area contributed by atoms with Gasteiger partial charge < -0.3 is 5.73 Å². The molecule has 1 nitrogen and oxygen atoms in total. The first-order chi connectivity index (χ1) is 5.77. The monoisotopic (exact) mass is 225 g/mol. The highest BCUT2D eigenvalue weighted by Gasteiger charge is 2.19. The van der Waals surface area contributed by atoms with Gasteiger partial charge in [-0.3, -0.25) is 0 Å². The van der Waals surface area contributed by atoms with Gasteiger partial charge in [-0.1, -0.05) is 12.5 Å². The van der Waals surface area contributed by atoms with Crippen LogP contribution in [-0.2, 0) is 0 Å². The van der Waals surface area contributed by atoms with E-state index in [0.717, 1.165) is 16.1 Å². The number of rotatable bonds is 1. The Morgan fingerprint density at radius 2 is 2.08 bits per heavy atom. The topological polar surface area (TPSA) is 26.0 Å². The lowest BCUT2D eigenvalue weighted by molar-refractivity contribution is 0.419. The minimum atomic E-state index is 0.793. The third kappa shape index (κ3) is 1.36. The molecule has 0 bridgehead atoms. The first-order valence-electron chi connectivity index (χ1n) is 4.32. The molecule has 1 aliphatic rings. The van der Waals surface area contributed by atoms with Gasteiger partial charge in [-0.25, -0.2) is 0 Å². The fourth-order valence-corrected chi connectivity index (χ4v) is 1.94. The molecule has 0 heterocycles. The maximum absolute atomic E-state index is 5.70. The average Bonchev–Trinajstić information content (AvgIpc) is 1.93. The van der Waals surface area contributed by atoms with Crippen molar-refractivity contribution in [2.45, 2.75) is 25.2 Å². The summed E-state index contributed by atoms with van der Waals surface area (Å²) in [5.74, 6) is 0.793. The molecule has 1 aliphatic carbocycles. The predicted octanol–water partition coefficient (Wildman–Crippen LogP) is 3.30. The second-order valence-electron chi connectivity index (χ2n) is 3.41. The number of anilines is 1. The van der Waals surface area contributed by atoms with Crippen LogP contribution < -0.4 is 5.73 Å². The van der Waals surface area contributed by atoms with E-state index in [1.807, 2.05) is 6.07 Å². The Morgan fingerprint density at radius 3 is 2.58 bits per heavy atom. The van der Waals surface area contributed by atoms with Gasteiger partial charge in [0.1, 0.15) is 0 Å². The van der Waals surface area contributed by atoms with E-state index in [4.69, 9.17) is 5.73 Å². The Bertz CT molecular complexity index is 292. The first kappa shape index (κ1) is 8.11. The van der Waals surface area contributed by atoms with Crippen molar-refractivity contribution in [3.05, 3.63) is 28.2 Å². The van der Waals surface area contributed by atoms with Crippen LogP contribution in [0.5, 0.6) is 0 Å². The van der Waals surface area contributed by atoms with E-state index >= 15 is 0 Å². The van der Waals surface area contributed by atoms with Crippen molar-refractivity contribution in [1.29, 1.82) is 0 Å². The van der Waals surface area contributed by atoms with Crippen LogP contribution in [-0.4, -0.2) is 0 Å². The summed E-state index contributed by atoms with van der Waals surface area (Å²) in [7, 11) is 0. The first-order valence-corrected chi connectivity index (χ1v) is 5.11. The molecule has 0 aliphatic heterocycles.